The number of hydrogen-bond acceptors (Lipinski definition) is 8. The van der Waals surface area contributed by atoms with Crippen LogP contribution in [0, 0.1) is 17.2 Å². The van der Waals surface area contributed by atoms with Gasteiger partial charge in [-0.25, -0.2) is 9.59 Å². The summed E-state index contributed by atoms with van der Waals surface area (Å²) in [6.45, 7) is 3.46. The quantitative estimate of drug-likeness (QED) is 0.175. The lowest BCUT2D eigenvalue weighted by Crippen LogP contribution is -2.36. The molecular weight excluding hydrogens is 609 g/mol. The van der Waals surface area contributed by atoms with Gasteiger partial charge in [0, 0.05) is 5.56 Å². The summed E-state index contributed by atoms with van der Waals surface area (Å²) in [5, 5.41) is 36.4. The van der Waals surface area contributed by atoms with Crippen molar-refractivity contribution in [3.8, 4) is 17.6 Å². The number of halogens is 4. The minimum absolute atomic E-state index is 0.141. The number of nitrogens with one attached hydrogen (secondary N) is 1. The van der Waals surface area contributed by atoms with E-state index in [9.17, 15) is 32.8 Å². The van der Waals surface area contributed by atoms with Gasteiger partial charge in [0.15, 0.2) is 6.10 Å². The van der Waals surface area contributed by atoms with Crippen LogP contribution in [-0.4, -0.2) is 45.4 Å². The van der Waals surface area contributed by atoms with Gasteiger partial charge in [0.25, 0.3) is 0 Å². The smallest absolute Gasteiger partial charge is 0.416 e. The number of rotatable bonds is 11. The number of para-hydroxylation sites is 1. The largest absolute Gasteiger partial charge is 0.481 e. The first-order valence-corrected chi connectivity index (χ1v) is 13.2. The Hall–Kier alpha value is -4.80. The zero-order valence-electron chi connectivity index (χ0n) is 23.3. The third-order valence-corrected chi connectivity index (χ3v) is 5.98. The number of carboxylic acids is 2. The number of carbonyl (C=O) groups is 3. The first-order valence-electron chi connectivity index (χ1n) is 12.8. The highest BCUT2D eigenvalue weighted by Gasteiger charge is 2.32. The van der Waals surface area contributed by atoms with E-state index < -0.39 is 54.3 Å². The van der Waals surface area contributed by atoms with Crippen LogP contribution in [-0.2, 0) is 25.3 Å². The van der Waals surface area contributed by atoms with Gasteiger partial charge in [0.1, 0.15) is 23.6 Å². The zero-order valence-corrected chi connectivity index (χ0v) is 24.0. The molecule has 0 aliphatic carbocycles. The SMILES string of the molecule is CC(C)[C@@H](Nc1ccc(C(F)(F)F)cc1Cl)C(=O)OC(C#N)c1cccc(Oc2ccccc2)c1.O=C(O)CC(O)C(=O)O. The van der Waals surface area contributed by atoms with Crippen molar-refractivity contribution in [3.05, 3.63) is 88.9 Å². The number of nitriles is 1. The third kappa shape index (κ3) is 11.1. The molecule has 0 amide bonds. The Bertz CT molecular complexity index is 1480. The Morgan fingerprint density at radius 3 is 2.11 bits per heavy atom. The number of alkyl halides is 3. The Kier molecular flexibility index (Phi) is 13.0. The molecule has 0 aliphatic heterocycles. The number of hydrogen-bond donors (Lipinski definition) is 4. The number of aliphatic hydroxyl groups excluding tert-OH is 1. The molecule has 0 spiro atoms. The minimum atomic E-state index is -4.54. The van der Waals surface area contributed by atoms with E-state index in [0.29, 0.717) is 17.1 Å². The highest BCUT2D eigenvalue weighted by Crippen LogP contribution is 2.34. The molecule has 0 aliphatic rings. The van der Waals surface area contributed by atoms with Crippen LogP contribution in [0.4, 0.5) is 18.9 Å². The van der Waals surface area contributed by atoms with E-state index in [4.69, 9.17) is 36.4 Å². The number of aliphatic hydroxyl groups is 1. The summed E-state index contributed by atoms with van der Waals surface area (Å²) in [5.41, 5.74) is -0.356. The summed E-state index contributed by atoms with van der Waals surface area (Å²) in [4.78, 5) is 32.4. The highest BCUT2D eigenvalue weighted by atomic mass is 35.5. The van der Waals surface area contributed by atoms with Gasteiger partial charge in [-0.3, -0.25) is 4.79 Å². The minimum Gasteiger partial charge on any atom is -0.481 e. The average Bonchev–Trinajstić information content (AvgIpc) is 2.95. The van der Waals surface area contributed by atoms with Crippen molar-refractivity contribution in [3.63, 3.8) is 0 Å². The van der Waals surface area contributed by atoms with E-state index in [0.717, 1.165) is 18.2 Å². The summed E-state index contributed by atoms with van der Waals surface area (Å²) >= 11 is 6.02. The molecule has 0 fully saturated rings. The van der Waals surface area contributed by atoms with Gasteiger partial charge in [0.05, 0.1) is 22.7 Å². The van der Waals surface area contributed by atoms with Gasteiger partial charge in [-0.1, -0.05) is 55.8 Å². The maximum Gasteiger partial charge on any atom is 0.416 e. The normalized spacial score (nSPS) is 12.9. The van der Waals surface area contributed by atoms with Crippen LogP contribution in [0.3, 0.4) is 0 Å². The van der Waals surface area contributed by atoms with Crippen LogP contribution >= 0.6 is 11.6 Å². The van der Waals surface area contributed by atoms with Gasteiger partial charge in [0.2, 0.25) is 6.10 Å². The number of anilines is 1. The first kappa shape index (κ1) is 35.4. The van der Waals surface area contributed by atoms with Gasteiger partial charge in [-0.2, -0.15) is 18.4 Å². The number of esters is 1. The molecule has 0 heterocycles. The van der Waals surface area contributed by atoms with Crippen LogP contribution in [0.1, 0.15) is 37.5 Å². The zero-order chi connectivity index (χ0) is 33.0. The maximum absolute atomic E-state index is 13.0. The summed E-state index contributed by atoms with van der Waals surface area (Å²) in [6.07, 6.45) is -8.32. The first-order chi connectivity index (χ1) is 20.6. The van der Waals surface area contributed by atoms with Crippen molar-refractivity contribution >= 4 is 35.2 Å². The van der Waals surface area contributed by atoms with Crippen molar-refractivity contribution in [2.45, 2.75) is 44.7 Å². The van der Waals surface area contributed by atoms with Gasteiger partial charge >= 0.3 is 24.1 Å². The molecule has 3 atom stereocenters. The van der Waals surface area contributed by atoms with E-state index >= 15 is 0 Å². The molecule has 3 aromatic rings. The molecule has 3 aromatic carbocycles. The molecule has 14 heteroatoms. The van der Waals surface area contributed by atoms with Crippen LogP contribution < -0.4 is 10.1 Å². The predicted molar refractivity (Wildman–Crippen MR) is 152 cm³/mol. The van der Waals surface area contributed by atoms with E-state index in [1.807, 2.05) is 24.3 Å². The molecular formula is C30H28ClF3N2O8. The van der Waals surface area contributed by atoms with E-state index in [-0.39, 0.29) is 16.6 Å². The second-order valence-corrected chi connectivity index (χ2v) is 9.85. The fourth-order valence-corrected chi connectivity index (χ4v) is 3.69. The van der Waals surface area contributed by atoms with Gasteiger partial charge in [-0.05, 0) is 48.4 Å². The van der Waals surface area contributed by atoms with Crippen molar-refractivity contribution < 1.29 is 52.3 Å². The van der Waals surface area contributed by atoms with Gasteiger partial charge < -0.3 is 30.1 Å². The fraction of sp³-hybridized carbons (Fsp3) is 0.267. The molecule has 2 unspecified atom stereocenters. The molecule has 0 bridgehead atoms. The molecule has 0 saturated carbocycles. The summed E-state index contributed by atoms with van der Waals surface area (Å²) in [5.74, 6) is -2.86. The van der Waals surface area contributed by atoms with E-state index in [1.54, 1.807) is 50.2 Å². The standard InChI is InChI=1S/C26H22ClF3N2O3.C4H6O5/c1-16(2)24(32-22-12-11-18(14-21(22)27)26(28,29)30)25(33)35-23(15-31)17-7-6-10-20(13-17)34-19-8-4-3-5-9-19;5-2(4(8)9)1-3(6)7/h3-14,16,23-24,32H,1-2H3;2,5H,1H2,(H,6,7)(H,8,9)/t23?,24-;/m1./s1. The Morgan fingerprint density at radius 2 is 1.61 bits per heavy atom. The topological polar surface area (TPSA) is 166 Å². The molecule has 0 saturated heterocycles. The second kappa shape index (κ2) is 16.2. The number of aliphatic carboxylic acids is 2. The summed E-state index contributed by atoms with van der Waals surface area (Å²) in [7, 11) is 0. The van der Waals surface area contributed by atoms with Gasteiger partial charge in [-0.15, -0.1) is 0 Å². The number of nitrogens with zero attached hydrogens (tertiary/aromatic N) is 1. The van der Waals surface area contributed by atoms with Crippen LogP contribution in [0.2, 0.25) is 5.02 Å². The Morgan fingerprint density at radius 1 is 0.977 bits per heavy atom. The monoisotopic (exact) mass is 636 g/mol. The Balaban J connectivity index is 0.000000651. The maximum atomic E-state index is 13.0. The van der Waals surface area contributed by atoms with Crippen LogP contribution in [0.15, 0.2) is 72.8 Å². The predicted octanol–water partition coefficient (Wildman–Crippen LogP) is 6.30. The molecule has 0 radical (unpaired) electrons. The van der Waals surface area contributed by atoms with Crippen molar-refractivity contribution in [1.29, 1.82) is 5.26 Å². The number of ether oxygens (including phenoxy) is 2. The van der Waals surface area contributed by atoms with Crippen molar-refractivity contribution in [2.75, 3.05) is 5.32 Å². The fourth-order valence-electron chi connectivity index (χ4n) is 3.45. The average molecular weight is 637 g/mol. The van der Waals surface area contributed by atoms with Crippen molar-refractivity contribution in [2.24, 2.45) is 5.92 Å². The molecule has 3 rings (SSSR count). The third-order valence-electron chi connectivity index (χ3n) is 5.67. The second-order valence-electron chi connectivity index (χ2n) is 9.44. The lowest BCUT2D eigenvalue weighted by molar-refractivity contribution is -0.152. The van der Waals surface area contributed by atoms with Crippen LogP contribution in [0.5, 0.6) is 11.5 Å². The van der Waals surface area contributed by atoms with E-state index in [1.165, 1.54) is 0 Å². The summed E-state index contributed by atoms with van der Waals surface area (Å²) in [6, 6.07) is 19.4. The molecule has 10 nitrogen and oxygen atoms in total. The highest BCUT2D eigenvalue weighted by molar-refractivity contribution is 6.33. The number of carbonyl (C=O) groups excluding carboxylic acids is 1. The van der Waals surface area contributed by atoms with Crippen LogP contribution in [0.25, 0.3) is 0 Å². The molecule has 44 heavy (non-hydrogen) atoms. The lowest BCUT2D eigenvalue weighted by atomic mass is 10.0. The molecule has 4 N–H and O–H groups in total. The Labute approximate surface area is 255 Å². The molecule has 0 aromatic heterocycles. The lowest BCUT2D eigenvalue weighted by Gasteiger charge is -2.24. The van der Waals surface area contributed by atoms with E-state index in [2.05, 4.69) is 5.32 Å². The summed E-state index contributed by atoms with van der Waals surface area (Å²) < 4.78 is 50.0. The molecule has 234 valence electrons. The number of carboxylic acid groups (broad SMARTS) is 2. The number of benzene rings is 3. The van der Waals surface area contributed by atoms with Crippen molar-refractivity contribution in [1.82, 2.24) is 0 Å².